The highest BCUT2D eigenvalue weighted by molar-refractivity contribution is 6.30. The van der Waals surface area contributed by atoms with E-state index in [9.17, 15) is 0 Å². The Morgan fingerprint density at radius 1 is 1.53 bits per heavy atom. The standard InChI is InChI=1S/C12H17ClN2/c1-2-12(6-4-7-12)15-9-10-5-3-8-14-11(10)13/h3,5,8,15H,2,4,6-7,9H2,1H3. The molecule has 1 heterocycles. The average molecular weight is 225 g/mol. The molecule has 0 aromatic carbocycles. The average Bonchev–Trinajstić information content (AvgIpc) is 2.19. The smallest absolute Gasteiger partial charge is 0.133 e. The summed E-state index contributed by atoms with van der Waals surface area (Å²) in [5.74, 6) is 0. The molecule has 1 saturated carbocycles. The van der Waals surface area contributed by atoms with E-state index in [1.807, 2.05) is 12.1 Å². The van der Waals surface area contributed by atoms with Crippen LogP contribution < -0.4 is 5.32 Å². The molecule has 82 valence electrons. The van der Waals surface area contributed by atoms with Gasteiger partial charge in [-0.15, -0.1) is 0 Å². The van der Waals surface area contributed by atoms with Crippen molar-refractivity contribution in [2.24, 2.45) is 0 Å². The van der Waals surface area contributed by atoms with Crippen LogP contribution in [0, 0.1) is 0 Å². The molecular formula is C12H17ClN2. The fourth-order valence-electron chi connectivity index (χ4n) is 2.09. The number of rotatable bonds is 4. The first-order valence-corrected chi connectivity index (χ1v) is 5.98. The van der Waals surface area contributed by atoms with Crippen molar-refractivity contribution < 1.29 is 0 Å². The molecule has 1 aliphatic rings. The molecule has 1 fully saturated rings. The Morgan fingerprint density at radius 3 is 2.87 bits per heavy atom. The lowest BCUT2D eigenvalue weighted by atomic mass is 9.75. The van der Waals surface area contributed by atoms with E-state index in [1.165, 1.54) is 25.7 Å². The summed E-state index contributed by atoms with van der Waals surface area (Å²) in [7, 11) is 0. The summed E-state index contributed by atoms with van der Waals surface area (Å²) in [6.45, 7) is 3.08. The Balaban J connectivity index is 1.95. The molecule has 0 saturated heterocycles. The minimum atomic E-state index is 0.374. The van der Waals surface area contributed by atoms with E-state index in [-0.39, 0.29) is 0 Å². The van der Waals surface area contributed by atoms with Gasteiger partial charge in [-0.05, 0) is 31.7 Å². The molecule has 1 aliphatic carbocycles. The minimum absolute atomic E-state index is 0.374. The SMILES string of the molecule is CCC1(NCc2cccnc2Cl)CCC1. The van der Waals surface area contributed by atoms with E-state index in [0.717, 1.165) is 12.1 Å². The topological polar surface area (TPSA) is 24.9 Å². The van der Waals surface area contributed by atoms with Crippen LogP contribution in [0.25, 0.3) is 0 Å². The first-order chi connectivity index (χ1) is 7.26. The lowest BCUT2D eigenvalue weighted by Crippen LogP contribution is -2.49. The number of hydrogen-bond acceptors (Lipinski definition) is 2. The summed E-state index contributed by atoms with van der Waals surface area (Å²) >= 11 is 6.01. The Kier molecular flexibility index (Phi) is 3.27. The third-order valence-corrected chi connectivity index (χ3v) is 3.82. The molecule has 0 radical (unpaired) electrons. The second kappa shape index (κ2) is 4.50. The Morgan fingerprint density at radius 2 is 2.33 bits per heavy atom. The third-order valence-electron chi connectivity index (χ3n) is 3.48. The molecule has 3 heteroatoms. The van der Waals surface area contributed by atoms with Crippen molar-refractivity contribution in [3.05, 3.63) is 29.0 Å². The van der Waals surface area contributed by atoms with E-state index < -0.39 is 0 Å². The number of hydrogen-bond donors (Lipinski definition) is 1. The zero-order valence-corrected chi connectivity index (χ0v) is 9.85. The summed E-state index contributed by atoms with van der Waals surface area (Å²) in [6.07, 6.45) is 6.86. The van der Waals surface area contributed by atoms with E-state index in [4.69, 9.17) is 11.6 Å². The summed E-state index contributed by atoms with van der Waals surface area (Å²) in [6, 6.07) is 3.96. The monoisotopic (exact) mass is 224 g/mol. The summed E-state index contributed by atoms with van der Waals surface area (Å²) in [4.78, 5) is 4.07. The highest BCUT2D eigenvalue weighted by Crippen LogP contribution is 2.35. The molecule has 1 N–H and O–H groups in total. The van der Waals surface area contributed by atoms with Gasteiger partial charge >= 0.3 is 0 Å². The lowest BCUT2D eigenvalue weighted by Gasteiger charge is -2.42. The van der Waals surface area contributed by atoms with Crippen molar-refractivity contribution in [3.63, 3.8) is 0 Å². The van der Waals surface area contributed by atoms with Gasteiger partial charge in [0.15, 0.2) is 0 Å². The molecule has 0 spiro atoms. The molecule has 1 aromatic heterocycles. The van der Waals surface area contributed by atoms with Crippen molar-refractivity contribution in [1.29, 1.82) is 0 Å². The van der Waals surface area contributed by atoms with E-state index in [0.29, 0.717) is 10.7 Å². The van der Waals surface area contributed by atoms with Crippen molar-refractivity contribution in [3.8, 4) is 0 Å². The quantitative estimate of drug-likeness (QED) is 0.795. The molecule has 0 unspecified atom stereocenters. The van der Waals surface area contributed by atoms with Gasteiger partial charge in [0.05, 0.1) is 0 Å². The predicted molar refractivity (Wildman–Crippen MR) is 63.0 cm³/mol. The Labute approximate surface area is 96.1 Å². The van der Waals surface area contributed by atoms with Crippen LogP contribution in [0.1, 0.15) is 38.2 Å². The fraction of sp³-hybridized carbons (Fsp3) is 0.583. The van der Waals surface area contributed by atoms with Crippen molar-refractivity contribution >= 4 is 11.6 Å². The number of aromatic nitrogens is 1. The highest BCUT2D eigenvalue weighted by atomic mass is 35.5. The number of nitrogens with zero attached hydrogens (tertiary/aromatic N) is 1. The number of halogens is 1. The van der Waals surface area contributed by atoms with Crippen LogP contribution in [0.4, 0.5) is 0 Å². The van der Waals surface area contributed by atoms with Gasteiger partial charge in [-0.3, -0.25) is 0 Å². The van der Waals surface area contributed by atoms with E-state index >= 15 is 0 Å². The second-order valence-corrected chi connectivity index (χ2v) is 4.65. The van der Waals surface area contributed by atoms with Gasteiger partial charge in [0.25, 0.3) is 0 Å². The maximum absolute atomic E-state index is 6.01. The summed E-state index contributed by atoms with van der Waals surface area (Å²) in [5, 5.41) is 4.24. The lowest BCUT2D eigenvalue weighted by molar-refractivity contribution is 0.175. The third kappa shape index (κ3) is 2.32. The highest BCUT2D eigenvalue weighted by Gasteiger charge is 2.34. The van der Waals surface area contributed by atoms with Crippen molar-refractivity contribution in [2.45, 2.75) is 44.7 Å². The molecular weight excluding hydrogens is 208 g/mol. The van der Waals surface area contributed by atoms with Crippen LogP contribution in [-0.4, -0.2) is 10.5 Å². The van der Waals surface area contributed by atoms with Gasteiger partial charge in [-0.2, -0.15) is 0 Å². The largest absolute Gasteiger partial charge is 0.307 e. The van der Waals surface area contributed by atoms with Crippen molar-refractivity contribution in [2.75, 3.05) is 0 Å². The van der Waals surface area contributed by atoms with Gasteiger partial charge < -0.3 is 5.32 Å². The maximum Gasteiger partial charge on any atom is 0.133 e. The first kappa shape index (κ1) is 10.9. The van der Waals surface area contributed by atoms with Gasteiger partial charge in [-0.25, -0.2) is 4.98 Å². The second-order valence-electron chi connectivity index (χ2n) is 4.29. The van der Waals surface area contributed by atoms with Gasteiger partial charge in [0.2, 0.25) is 0 Å². The van der Waals surface area contributed by atoms with Crippen LogP contribution >= 0.6 is 11.6 Å². The van der Waals surface area contributed by atoms with E-state index in [1.54, 1.807) is 6.20 Å². The minimum Gasteiger partial charge on any atom is -0.307 e. The molecule has 0 atom stereocenters. The van der Waals surface area contributed by atoms with Crippen LogP contribution in [-0.2, 0) is 6.54 Å². The van der Waals surface area contributed by atoms with E-state index in [2.05, 4.69) is 17.2 Å². The molecule has 2 rings (SSSR count). The molecule has 0 amide bonds. The fourth-order valence-corrected chi connectivity index (χ4v) is 2.28. The number of pyridine rings is 1. The molecule has 2 nitrogen and oxygen atoms in total. The Bertz CT molecular complexity index is 329. The zero-order chi connectivity index (χ0) is 10.7. The van der Waals surface area contributed by atoms with Crippen LogP contribution in [0.2, 0.25) is 5.15 Å². The first-order valence-electron chi connectivity index (χ1n) is 5.60. The van der Waals surface area contributed by atoms with Crippen LogP contribution in [0.15, 0.2) is 18.3 Å². The van der Waals surface area contributed by atoms with Gasteiger partial charge in [0, 0.05) is 23.8 Å². The molecule has 15 heavy (non-hydrogen) atoms. The Hall–Kier alpha value is -0.600. The van der Waals surface area contributed by atoms with Crippen molar-refractivity contribution in [1.82, 2.24) is 10.3 Å². The van der Waals surface area contributed by atoms with Gasteiger partial charge in [-0.1, -0.05) is 24.6 Å². The predicted octanol–water partition coefficient (Wildman–Crippen LogP) is 3.16. The summed E-state index contributed by atoms with van der Waals surface area (Å²) in [5.41, 5.74) is 1.47. The molecule has 0 bridgehead atoms. The summed E-state index contributed by atoms with van der Waals surface area (Å²) < 4.78 is 0. The zero-order valence-electron chi connectivity index (χ0n) is 9.09. The van der Waals surface area contributed by atoms with Crippen LogP contribution in [0.3, 0.4) is 0 Å². The number of nitrogens with one attached hydrogen (secondary N) is 1. The molecule has 1 aromatic rings. The maximum atomic E-state index is 6.01. The van der Waals surface area contributed by atoms with Crippen LogP contribution in [0.5, 0.6) is 0 Å². The van der Waals surface area contributed by atoms with Gasteiger partial charge in [0.1, 0.15) is 5.15 Å². The molecule has 0 aliphatic heterocycles. The normalized spacial score (nSPS) is 18.5.